The van der Waals surface area contributed by atoms with E-state index >= 15 is 0 Å². The summed E-state index contributed by atoms with van der Waals surface area (Å²) in [6.07, 6.45) is 1.52. The number of carbonyl (C=O) groups is 2. The predicted molar refractivity (Wildman–Crippen MR) is 142 cm³/mol. The molecule has 1 atom stereocenters. The number of nitrogens with one attached hydrogen (secondary N) is 1. The SMILES string of the molecule is Cc1ccc(CN(C(=O)CCCN(c2ccc(Cl)cc2)S(C)(=O)=O)C(C)C(=O)NC(C)(C)C)cc1. The van der Waals surface area contributed by atoms with Crippen molar-refractivity contribution in [3.05, 3.63) is 64.7 Å². The van der Waals surface area contributed by atoms with Gasteiger partial charge in [0.15, 0.2) is 0 Å². The molecule has 2 amide bonds. The van der Waals surface area contributed by atoms with Gasteiger partial charge in [-0.2, -0.15) is 0 Å². The largest absolute Gasteiger partial charge is 0.350 e. The topological polar surface area (TPSA) is 86.8 Å². The number of benzene rings is 2. The normalized spacial score (nSPS) is 12.7. The first-order valence-electron chi connectivity index (χ1n) is 11.6. The summed E-state index contributed by atoms with van der Waals surface area (Å²) < 4.78 is 26.0. The highest BCUT2D eigenvalue weighted by molar-refractivity contribution is 7.92. The second-order valence-corrected chi connectivity index (χ2v) is 12.2. The molecule has 9 heteroatoms. The number of hydrogen-bond donors (Lipinski definition) is 1. The predicted octanol–water partition coefficient (Wildman–Crippen LogP) is 4.53. The van der Waals surface area contributed by atoms with Crippen LogP contribution in [0.2, 0.25) is 5.02 Å². The Balaban J connectivity index is 2.17. The van der Waals surface area contributed by atoms with Gasteiger partial charge in [-0.1, -0.05) is 41.4 Å². The van der Waals surface area contributed by atoms with Gasteiger partial charge in [0.05, 0.1) is 11.9 Å². The molecule has 2 rings (SSSR count). The molecule has 0 radical (unpaired) electrons. The molecule has 192 valence electrons. The maximum atomic E-state index is 13.3. The molecule has 1 unspecified atom stereocenters. The smallest absolute Gasteiger partial charge is 0.242 e. The Labute approximate surface area is 214 Å². The maximum Gasteiger partial charge on any atom is 0.242 e. The number of halogens is 1. The molecule has 0 heterocycles. The monoisotopic (exact) mass is 521 g/mol. The third kappa shape index (κ3) is 9.18. The standard InChI is InChI=1S/C26H36ClN3O4S/c1-19-9-11-21(12-10-19)18-29(20(2)25(32)28-26(3,4)5)24(31)8-7-17-30(35(6,33)34)23-15-13-22(27)14-16-23/h9-16,20H,7-8,17-18H2,1-6H3,(H,28,32). The van der Waals surface area contributed by atoms with E-state index in [-0.39, 0.29) is 31.3 Å². The first-order valence-corrected chi connectivity index (χ1v) is 13.8. The molecule has 0 fully saturated rings. The molecule has 2 aromatic carbocycles. The lowest BCUT2D eigenvalue weighted by Crippen LogP contribution is -2.52. The van der Waals surface area contributed by atoms with Gasteiger partial charge < -0.3 is 10.2 Å². The third-order valence-corrected chi connectivity index (χ3v) is 6.85. The Hall–Kier alpha value is -2.58. The molecular formula is C26H36ClN3O4S. The van der Waals surface area contributed by atoms with E-state index in [1.165, 1.54) is 4.31 Å². The van der Waals surface area contributed by atoms with Crippen LogP contribution in [0, 0.1) is 6.92 Å². The first kappa shape index (κ1) is 28.7. The zero-order chi connectivity index (χ0) is 26.4. The zero-order valence-electron chi connectivity index (χ0n) is 21.3. The Morgan fingerprint density at radius 2 is 1.60 bits per heavy atom. The molecule has 1 N–H and O–H groups in total. The van der Waals surface area contributed by atoms with E-state index < -0.39 is 21.6 Å². The summed E-state index contributed by atoms with van der Waals surface area (Å²) in [5.74, 6) is -0.455. The van der Waals surface area contributed by atoms with E-state index in [4.69, 9.17) is 11.6 Å². The van der Waals surface area contributed by atoms with Crippen LogP contribution in [0.3, 0.4) is 0 Å². The van der Waals surface area contributed by atoms with E-state index in [1.807, 2.05) is 52.0 Å². The minimum atomic E-state index is -3.55. The summed E-state index contributed by atoms with van der Waals surface area (Å²) in [6.45, 7) is 9.78. The molecule has 0 aliphatic heterocycles. The molecule has 0 saturated heterocycles. The molecule has 0 aliphatic rings. The fourth-order valence-corrected chi connectivity index (χ4v) is 4.65. The number of hydrogen-bond acceptors (Lipinski definition) is 4. The second kappa shape index (κ2) is 11.9. The van der Waals surface area contributed by atoms with Crippen LogP contribution < -0.4 is 9.62 Å². The van der Waals surface area contributed by atoms with E-state index in [2.05, 4.69) is 5.32 Å². The highest BCUT2D eigenvalue weighted by Gasteiger charge is 2.28. The highest BCUT2D eigenvalue weighted by Crippen LogP contribution is 2.21. The van der Waals surface area contributed by atoms with Gasteiger partial charge in [0.2, 0.25) is 21.8 Å². The van der Waals surface area contributed by atoms with Gasteiger partial charge >= 0.3 is 0 Å². The fourth-order valence-electron chi connectivity index (χ4n) is 3.56. The van der Waals surface area contributed by atoms with Gasteiger partial charge in [0.25, 0.3) is 0 Å². The summed E-state index contributed by atoms with van der Waals surface area (Å²) in [5, 5.41) is 3.44. The van der Waals surface area contributed by atoms with Gasteiger partial charge in [0, 0.05) is 30.1 Å². The number of rotatable bonds is 10. The van der Waals surface area contributed by atoms with Crippen molar-refractivity contribution in [3.8, 4) is 0 Å². The molecular weight excluding hydrogens is 486 g/mol. The van der Waals surface area contributed by atoms with Gasteiger partial charge in [-0.3, -0.25) is 13.9 Å². The van der Waals surface area contributed by atoms with Crippen LogP contribution in [0.25, 0.3) is 0 Å². The fraction of sp³-hybridized carbons (Fsp3) is 0.462. The number of amides is 2. The number of nitrogens with zero attached hydrogens (tertiary/aromatic N) is 2. The molecule has 35 heavy (non-hydrogen) atoms. The Morgan fingerprint density at radius 1 is 1.03 bits per heavy atom. The van der Waals surface area contributed by atoms with Crippen LogP contribution in [0.15, 0.2) is 48.5 Å². The van der Waals surface area contributed by atoms with Crippen molar-refractivity contribution in [3.63, 3.8) is 0 Å². The minimum Gasteiger partial charge on any atom is -0.350 e. The van der Waals surface area contributed by atoms with Crippen LogP contribution >= 0.6 is 11.6 Å². The second-order valence-electron chi connectivity index (χ2n) is 9.84. The summed E-state index contributed by atoms with van der Waals surface area (Å²) in [6, 6.07) is 13.6. The minimum absolute atomic E-state index is 0.0958. The van der Waals surface area contributed by atoms with Crippen molar-refractivity contribution < 1.29 is 18.0 Å². The average Bonchev–Trinajstić information content (AvgIpc) is 2.74. The number of carbonyl (C=O) groups excluding carboxylic acids is 2. The Bertz CT molecular complexity index is 1110. The molecule has 2 aromatic rings. The average molecular weight is 522 g/mol. The lowest BCUT2D eigenvalue weighted by atomic mass is 10.1. The summed E-state index contributed by atoms with van der Waals surface area (Å²) in [4.78, 5) is 27.7. The van der Waals surface area contributed by atoms with Crippen molar-refractivity contribution >= 4 is 39.1 Å². The summed E-state index contributed by atoms with van der Waals surface area (Å²) >= 11 is 5.93. The molecule has 0 spiro atoms. The Morgan fingerprint density at radius 3 is 2.11 bits per heavy atom. The van der Waals surface area contributed by atoms with Crippen LogP contribution in [-0.4, -0.2) is 49.5 Å². The van der Waals surface area contributed by atoms with Gasteiger partial charge in [-0.15, -0.1) is 0 Å². The lowest BCUT2D eigenvalue weighted by molar-refractivity contribution is -0.141. The zero-order valence-corrected chi connectivity index (χ0v) is 22.9. The van der Waals surface area contributed by atoms with Crippen molar-refractivity contribution in [2.45, 2.75) is 65.6 Å². The molecule has 0 saturated carbocycles. The third-order valence-electron chi connectivity index (χ3n) is 5.41. The number of anilines is 1. The highest BCUT2D eigenvalue weighted by atomic mass is 35.5. The lowest BCUT2D eigenvalue weighted by Gasteiger charge is -2.32. The molecule has 0 bridgehead atoms. The van der Waals surface area contributed by atoms with Crippen LogP contribution in [0.4, 0.5) is 5.69 Å². The van der Waals surface area contributed by atoms with Crippen LogP contribution in [0.1, 0.15) is 51.7 Å². The number of aryl methyl sites for hydroxylation is 1. The van der Waals surface area contributed by atoms with Crippen molar-refractivity contribution in [2.24, 2.45) is 0 Å². The van der Waals surface area contributed by atoms with Gasteiger partial charge in [0.1, 0.15) is 6.04 Å². The van der Waals surface area contributed by atoms with Gasteiger partial charge in [-0.25, -0.2) is 8.42 Å². The van der Waals surface area contributed by atoms with E-state index in [9.17, 15) is 18.0 Å². The van der Waals surface area contributed by atoms with Gasteiger partial charge in [-0.05, 0) is 70.9 Å². The molecule has 0 aliphatic carbocycles. The number of sulfonamides is 1. The van der Waals surface area contributed by atoms with Crippen LogP contribution in [-0.2, 0) is 26.2 Å². The molecule has 0 aromatic heterocycles. The van der Waals surface area contributed by atoms with E-state index in [0.717, 1.165) is 17.4 Å². The van der Waals surface area contributed by atoms with Crippen molar-refractivity contribution in [1.82, 2.24) is 10.2 Å². The van der Waals surface area contributed by atoms with E-state index in [0.29, 0.717) is 17.1 Å². The van der Waals surface area contributed by atoms with E-state index in [1.54, 1.807) is 36.1 Å². The molecule has 7 nitrogen and oxygen atoms in total. The quantitative estimate of drug-likeness (QED) is 0.497. The Kier molecular flexibility index (Phi) is 9.75. The first-order chi connectivity index (χ1) is 16.2. The summed E-state index contributed by atoms with van der Waals surface area (Å²) in [5.41, 5.74) is 2.07. The van der Waals surface area contributed by atoms with Crippen LogP contribution in [0.5, 0.6) is 0 Å². The van der Waals surface area contributed by atoms with Crippen molar-refractivity contribution in [1.29, 1.82) is 0 Å². The summed E-state index contributed by atoms with van der Waals surface area (Å²) in [7, 11) is -3.55. The maximum absolute atomic E-state index is 13.3. The van der Waals surface area contributed by atoms with Crippen molar-refractivity contribution in [2.75, 3.05) is 17.1 Å².